The molecule has 2 aliphatic rings. The van der Waals surface area contributed by atoms with E-state index in [0.717, 1.165) is 34.3 Å². The van der Waals surface area contributed by atoms with Gasteiger partial charge in [-0.25, -0.2) is 0 Å². The molecule has 1 radical (unpaired) electrons. The minimum absolute atomic E-state index is 0. The Bertz CT molecular complexity index is 1340. The Labute approximate surface area is 234 Å². The average Bonchev–Trinajstić information content (AvgIpc) is 2.98. The van der Waals surface area contributed by atoms with Crippen molar-refractivity contribution >= 4 is 35.6 Å². The number of hydrogen-bond acceptors (Lipinski definition) is 1. The molecule has 0 atom stereocenters. The van der Waals surface area contributed by atoms with E-state index in [2.05, 4.69) is 48.5 Å². The molecule has 0 saturated carbocycles. The zero-order valence-electron chi connectivity index (χ0n) is 21.1. The van der Waals surface area contributed by atoms with E-state index in [4.69, 9.17) is 4.74 Å². The van der Waals surface area contributed by atoms with Crippen LogP contribution in [0.25, 0.3) is 0 Å². The van der Waals surface area contributed by atoms with Gasteiger partial charge in [0, 0.05) is 6.16 Å². The minimum Gasteiger partial charge on any atom is -0.489 e. The van der Waals surface area contributed by atoms with Crippen molar-refractivity contribution in [3.05, 3.63) is 156 Å². The first-order valence-corrected chi connectivity index (χ1v) is 14.4. The van der Waals surface area contributed by atoms with Gasteiger partial charge in [-0.1, -0.05) is 121 Å². The molecule has 0 N–H and O–H groups in total. The monoisotopic (exact) mass is 563 g/mol. The molecule has 0 aliphatic carbocycles. The smallest absolute Gasteiger partial charge is 0.416 e. The third kappa shape index (κ3) is 6.53. The van der Waals surface area contributed by atoms with E-state index < -0.39 is 19.0 Å². The van der Waals surface area contributed by atoms with Crippen molar-refractivity contribution in [1.82, 2.24) is 0 Å². The van der Waals surface area contributed by atoms with Crippen LogP contribution in [0, 0.1) is 0 Å². The minimum atomic E-state index is -4.36. The zero-order valence-corrected chi connectivity index (χ0v) is 22.8. The SMILES string of the molecule is Cl.FC(F)(F)c1cccc(C[P](c2ccccc2)(c2ccccc2)c2ccccc2)c1.c1cc2ccc1CO2. The van der Waals surface area contributed by atoms with Gasteiger partial charge in [0.15, 0.2) is 0 Å². The van der Waals surface area contributed by atoms with Crippen LogP contribution in [0.3, 0.4) is 0 Å². The molecule has 0 unspecified atom stereocenters. The largest absolute Gasteiger partial charge is 0.489 e. The van der Waals surface area contributed by atoms with Gasteiger partial charge in [-0.15, -0.1) is 12.4 Å². The van der Waals surface area contributed by atoms with Gasteiger partial charge in [0.2, 0.25) is 0 Å². The molecular weight excluding hydrogens is 536 g/mol. The third-order valence-electron chi connectivity index (χ3n) is 6.59. The van der Waals surface area contributed by atoms with E-state index in [1.165, 1.54) is 17.7 Å². The average molecular weight is 564 g/mol. The number of ether oxygens (including phenoxy) is 1. The maximum Gasteiger partial charge on any atom is 0.416 e. The summed E-state index contributed by atoms with van der Waals surface area (Å²) in [6.45, 7) is 0.766. The Balaban J connectivity index is 0.000000332. The summed E-state index contributed by atoms with van der Waals surface area (Å²) in [5.41, 5.74) is 1.35. The van der Waals surface area contributed by atoms with Gasteiger partial charge in [-0.05, 0) is 52.5 Å². The fourth-order valence-corrected chi connectivity index (χ4v) is 8.97. The number of fused-ring (bicyclic) bond motifs is 3. The Hall–Kier alpha value is -3.59. The van der Waals surface area contributed by atoms with Crippen molar-refractivity contribution < 1.29 is 17.9 Å². The molecule has 5 aromatic rings. The van der Waals surface area contributed by atoms with Crippen LogP contribution in [0.2, 0.25) is 0 Å². The van der Waals surface area contributed by atoms with Gasteiger partial charge in [-0.3, -0.25) is 0 Å². The number of hydrogen-bond donors (Lipinski definition) is 0. The molecule has 2 bridgehead atoms. The Morgan fingerprint density at radius 3 is 1.41 bits per heavy atom. The van der Waals surface area contributed by atoms with Crippen LogP contribution in [0.15, 0.2) is 140 Å². The second-order valence-electron chi connectivity index (χ2n) is 9.11. The summed E-state index contributed by atoms with van der Waals surface area (Å²) >= 11 is 0. The molecule has 0 amide bonds. The summed E-state index contributed by atoms with van der Waals surface area (Å²) in [5, 5.41) is 3.46. The summed E-state index contributed by atoms with van der Waals surface area (Å²) < 4.78 is 45.3. The van der Waals surface area contributed by atoms with Crippen molar-refractivity contribution in [2.45, 2.75) is 18.9 Å². The topological polar surface area (TPSA) is 9.23 Å². The van der Waals surface area contributed by atoms with E-state index in [9.17, 15) is 13.2 Å². The van der Waals surface area contributed by atoms with Crippen LogP contribution in [0.5, 0.6) is 5.75 Å². The molecule has 0 saturated heterocycles. The zero-order chi connectivity index (χ0) is 26.4. The van der Waals surface area contributed by atoms with Crippen molar-refractivity contribution in [1.29, 1.82) is 0 Å². The number of benzene rings is 5. The normalized spacial score (nSPS) is 12.0. The predicted octanol–water partition coefficient (Wildman–Crippen LogP) is 8.20. The summed E-state index contributed by atoms with van der Waals surface area (Å²) in [7, 11) is -2.21. The fraction of sp³-hybridized carbons (Fsp3) is 0.0909. The van der Waals surface area contributed by atoms with E-state index in [1.807, 2.05) is 66.7 Å². The lowest BCUT2D eigenvalue weighted by Gasteiger charge is -2.38. The molecule has 0 aromatic heterocycles. The van der Waals surface area contributed by atoms with Gasteiger partial charge in [0.25, 0.3) is 0 Å². The molecule has 6 heteroatoms. The maximum absolute atomic E-state index is 13.4. The molecule has 7 rings (SSSR count). The van der Waals surface area contributed by atoms with Gasteiger partial charge >= 0.3 is 6.18 Å². The van der Waals surface area contributed by atoms with Crippen LogP contribution < -0.4 is 20.7 Å². The molecule has 2 aliphatic heterocycles. The molecule has 199 valence electrons. The molecule has 0 spiro atoms. The van der Waals surface area contributed by atoms with E-state index in [-0.39, 0.29) is 12.4 Å². The first kappa shape index (κ1) is 28.4. The molecule has 1 nitrogen and oxygen atoms in total. The number of alkyl halides is 3. The maximum atomic E-state index is 13.4. The standard InChI is InChI=1S/C26H21F3P.C7H6O.ClH/c27-26(28,29)22-12-10-11-21(19-22)20-30(23-13-4-1-5-14-23,24-15-6-2-7-16-24)25-17-8-3-9-18-25;1-3-7-4-2-6(1)5-8-7;/h1-19H,20H2;1-4H,5H2;1H. The van der Waals surface area contributed by atoms with E-state index in [0.29, 0.717) is 11.7 Å². The second kappa shape index (κ2) is 12.5. The summed E-state index contributed by atoms with van der Waals surface area (Å²) in [6, 6.07) is 44.4. The third-order valence-corrected chi connectivity index (χ3v) is 11.0. The van der Waals surface area contributed by atoms with Crippen LogP contribution in [-0.4, -0.2) is 0 Å². The van der Waals surface area contributed by atoms with Crippen LogP contribution >= 0.6 is 19.7 Å². The number of halogens is 4. The van der Waals surface area contributed by atoms with Crippen molar-refractivity contribution in [3.8, 4) is 5.75 Å². The lowest BCUT2D eigenvalue weighted by atomic mass is 10.1. The van der Waals surface area contributed by atoms with Crippen LogP contribution in [0.1, 0.15) is 16.7 Å². The fourth-order valence-electron chi connectivity index (χ4n) is 4.74. The summed E-state index contributed by atoms with van der Waals surface area (Å²) in [4.78, 5) is 0. The predicted molar refractivity (Wildman–Crippen MR) is 158 cm³/mol. The molecule has 5 aromatic carbocycles. The first-order chi connectivity index (χ1) is 18.4. The van der Waals surface area contributed by atoms with Crippen LogP contribution in [0.4, 0.5) is 13.2 Å². The highest BCUT2D eigenvalue weighted by molar-refractivity contribution is 7.95. The lowest BCUT2D eigenvalue weighted by Crippen LogP contribution is -2.32. The van der Waals surface area contributed by atoms with Crippen molar-refractivity contribution in [2.24, 2.45) is 0 Å². The Morgan fingerprint density at radius 2 is 1.08 bits per heavy atom. The van der Waals surface area contributed by atoms with Gasteiger partial charge < -0.3 is 4.74 Å². The second-order valence-corrected chi connectivity index (χ2v) is 12.6. The number of rotatable bonds is 5. The van der Waals surface area contributed by atoms with Gasteiger partial charge in [0.05, 0.1) is 5.56 Å². The Kier molecular flexibility index (Phi) is 9.12. The van der Waals surface area contributed by atoms with Crippen molar-refractivity contribution in [3.63, 3.8) is 0 Å². The quantitative estimate of drug-likeness (QED) is 0.196. The van der Waals surface area contributed by atoms with E-state index in [1.54, 1.807) is 6.07 Å². The highest BCUT2D eigenvalue weighted by Gasteiger charge is 2.35. The summed E-state index contributed by atoms with van der Waals surface area (Å²) in [6.07, 6.45) is -3.84. The van der Waals surface area contributed by atoms with E-state index >= 15 is 0 Å². The highest BCUT2D eigenvalue weighted by atomic mass is 35.5. The van der Waals surface area contributed by atoms with Crippen molar-refractivity contribution in [2.75, 3.05) is 0 Å². The van der Waals surface area contributed by atoms with Gasteiger partial charge in [0.1, 0.15) is 12.4 Å². The van der Waals surface area contributed by atoms with Gasteiger partial charge in [-0.2, -0.15) is 13.2 Å². The summed E-state index contributed by atoms with van der Waals surface area (Å²) in [5.74, 6) is 0.986. The molecule has 39 heavy (non-hydrogen) atoms. The molecule has 2 heterocycles. The molecular formula is C33H28ClF3OP. The molecule has 0 fully saturated rings. The lowest BCUT2D eigenvalue weighted by molar-refractivity contribution is -0.137. The highest BCUT2D eigenvalue weighted by Crippen LogP contribution is 2.58. The van der Waals surface area contributed by atoms with Crippen LogP contribution in [-0.2, 0) is 18.9 Å². The first-order valence-electron chi connectivity index (χ1n) is 12.4. The Morgan fingerprint density at radius 1 is 0.590 bits per heavy atom.